The number of nitrogens with one attached hydrogen (secondary N) is 1. The first kappa shape index (κ1) is 15.6. The van der Waals surface area contributed by atoms with Crippen molar-refractivity contribution in [3.8, 4) is 0 Å². The molecule has 0 aromatic rings. The Labute approximate surface area is 141 Å². The van der Waals surface area contributed by atoms with Crippen LogP contribution in [0.4, 0.5) is 0 Å². The normalized spacial score (nSPS) is 30.6. The molecule has 3 amide bonds. The van der Waals surface area contributed by atoms with Gasteiger partial charge < -0.3 is 9.80 Å². The lowest BCUT2D eigenvalue weighted by Crippen LogP contribution is -2.50. The van der Waals surface area contributed by atoms with Gasteiger partial charge in [0.25, 0.3) is 5.91 Å². The maximum absolute atomic E-state index is 12.8. The van der Waals surface area contributed by atoms with Crippen molar-refractivity contribution in [2.75, 3.05) is 19.6 Å². The van der Waals surface area contributed by atoms with E-state index in [1.807, 2.05) is 0 Å². The third-order valence-electron chi connectivity index (χ3n) is 5.91. The molecule has 0 unspecified atom stereocenters. The monoisotopic (exact) mass is 332 g/mol. The Morgan fingerprint density at radius 1 is 1.12 bits per heavy atom. The van der Waals surface area contributed by atoms with Gasteiger partial charge in [0.2, 0.25) is 11.8 Å². The van der Waals surface area contributed by atoms with Crippen molar-refractivity contribution < 1.29 is 14.4 Å². The molecule has 0 spiro atoms. The van der Waals surface area contributed by atoms with Crippen LogP contribution in [0.25, 0.3) is 0 Å². The van der Waals surface area contributed by atoms with Crippen LogP contribution < -0.4 is 5.43 Å². The number of amides is 3. The largest absolute Gasteiger partial charge is 0.337 e. The fraction of sp³-hybridized carbons (Fsp3) is 0.765. The van der Waals surface area contributed by atoms with Gasteiger partial charge in [-0.1, -0.05) is 6.42 Å². The van der Waals surface area contributed by atoms with E-state index in [-0.39, 0.29) is 29.7 Å². The standard InChI is InChI=1S/C17H24N4O3/c22-15-7-6-14(18-19-15)17(24)20-9-12-4-5-13(10-20)21(16(12)23)8-11-2-1-3-11/h11-13H,1-10H2,(H,19,22)/t12-,13+/m0/s1. The second-order valence-electron chi connectivity index (χ2n) is 7.52. The van der Waals surface area contributed by atoms with Crippen molar-refractivity contribution in [3.05, 3.63) is 0 Å². The molecular weight excluding hydrogens is 308 g/mol. The lowest BCUT2D eigenvalue weighted by molar-refractivity contribution is -0.141. The molecular formula is C17H24N4O3. The van der Waals surface area contributed by atoms with E-state index in [4.69, 9.17) is 0 Å². The van der Waals surface area contributed by atoms with Gasteiger partial charge in [-0.3, -0.25) is 14.4 Å². The summed E-state index contributed by atoms with van der Waals surface area (Å²) in [5.74, 6) is 0.531. The van der Waals surface area contributed by atoms with Crippen LogP contribution in [-0.2, 0) is 14.4 Å². The van der Waals surface area contributed by atoms with Gasteiger partial charge in [0.05, 0.1) is 5.92 Å². The van der Waals surface area contributed by atoms with Crippen LogP contribution in [-0.4, -0.2) is 58.9 Å². The molecule has 3 saturated heterocycles. The molecule has 5 rings (SSSR count). The highest BCUT2D eigenvalue weighted by Crippen LogP contribution is 2.34. The summed E-state index contributed by atoms with van der Waals surface area (Å²) in [5.41, 5.74) is 2.80. The highest BCUT2D eigenvalue weighted by molar-refractivity contribution is 6.39. The van der Waals surface area contributed by atoms with Crippen LogP contribution in [0, 0.1) is 11.8 Å². The Hall–Kier alpha value is -1.92. The number of fused-ring (bicyclic) bond motifs is 4. The van der Waals surface area contributed by atoms with Crippen molar-refractivity contribution >= 4 is 23.4 Å². The van der Waals surface area contributed by atoms with E-state index < -0.39 is 0 Å². The number of rotatable bonds is 3. The molecule has 2 atom stereocenters. The van der Waals surface area contributed by atoms with Gasteiger partial charge in [0, 0.05) is 38.5 Å². The Morgan fingerprint density at radius 3 is 2.62 bits per heavy atom. The number of nitrogens with zero attached hydrogens (tertiary/aromatic N) is 3. The van der Waals surface area contributed by atoms with Crippen LogP contribution in [0.2, 0.25) is 0 Å². The molecule has 4 aliphatic heterocycles. The first-order valence-corrected chi connectivity index (χ1v) is 9.07. The van der Waals surface area contributed by atoms with E-state index >= 15 is 0 Å². The average Bonchev–Trinajstić information content (AvgIpc) is 2.83. The molecule has 0 aromatic heterocycles. The van der Waals surface area contributed by atoms with E-state index in [1.54, 1.807) is 4.90 Å². The molecule has 4 fully saturated rings. The van der Waals surface area contributed by atoms with E-state index in [2.05, 4.69) is 15.4 Å². The van der Waals surface area contributed by atoms with Crippen LogP contribution >= 0.6 is 0 Å². The van der Waals surface area contributed by atoms with Crippen molar-refractivity contribution in [1.82, 2.24) is 15.2 Å². The van der Waals surface area contributed by atoms with E-state index in [1.165, 1.54) is 19.3 Å². The van der Waals surface area contributed by atoms with Gasteiger partial charge in [-0.25, -0.2) is 5.43 Å². The minimum absolute atomic E-state index is 0.0773. The zero-order valence-electron chi connectivity index (χ0n) is 13.9. The Bertz CT molecular complexity index is 599. The molecule has 1 N–H and O–H groups in total. The maximum Gasteiger partial charge on any atom is 0.270 e. The summed E-state index contributed by atoms with van der Waals surface area (Å²) in [6.07, 6.45) is 6.26. The molecule has 4 heterocycles. The van der Waals surface area contributed by atoms with Crippen LogP contribution in [0.15, 0.2) is 5.10 Å². The lowest BCUT2D eigenvalue weighted by Gasteiger charge is -2.40. The van der Waals surface area contributed by atoms with Crippen molar-refractivity contribution in [3.63, 3.8) is 0 Å². The maximum atomic E-state index is 12.8. The lowest BCUT2D eigenvalue weighted by atomic mass is 9.83. The van der Waals surface area contributed by atoms with Gasteiger partial charge in [0.1, 0.15) is 5.71 Å². The second-order valence-corrected chi connectivity index (χ2v) is 7.52. The van der Waals surface area contributed by atoms with E-state index in [0.29, 0.717) is 37.6 Å². The first-order chi connectivity index (χ1) is 11.6. The molecule has 0 aromatic carbocycles. The molecule has 130 valence electrons. The number of hydrogen-bond donors (Lipinski definition) is 1. The zero-order chi connectivity index (χ0) is 16.7. The molecule has 1 aliphatic carbocycles. The summed E-state index contributed by atoms with van der Waals surface area (Å²) >= 11 is 0. The van der Waals surface area contributed by atoms with Gasteiger partial charge in [0.15, 0.2) is 0 Å². The van der Waals surface area contributed by atoms with Crippen LogP contribution in [0.1, 0.15) is 44.9 Å². The summed E-state index contributed by atoms with van der Waals surface area (Å²) in [7, 11) is 0. The summed E-state index contributed by atoms with van der Waals surface area (Å²) < 4.78 is 0. The van der Waals surface area contributed by atoms with Gasteiger partial charge in [-0.05, 0) is 31.6 Å². The molecule has 24 heavy (non-hydrogen) atoms. The highest BCUT2D eigenvalue weighted by Gasteiger charge is 2.43. The van der Waals surface area contributed by atoms with E-state index in [9.17, 15) is 14.4 Å². The SMILES string of the molecule is O=C1CCC(C(=O)N2C[C@@H]3CC[C@H](C2)N(CC2CCC2)C3=O)=NN1. The predicted octanol–water partition coefficient (Wildman–Crippen LogP) is 0.502. The summed E-state index contributed by atoms with van der Waals surface area (Å²) in [6.45, 7) is 1.95. The van der Waals surface area contributed by atoms with Crippen molar-refractivity contribution in [2.24, 2.45) is 16.9 Å². The van der Waals surface area contributed by atoms with Gasteiger partial charge in [-0.2, -0.15) is 5.10 Å². The predicted molar refractivity (Wildman–Crippen MR) is 87.0 cm³/mol. The zero-order valence-corrected chi connectivity index (χ0v) is 13.9. The third-order valence-corrected chi connectivity index (χ3v) is 5.91. The fourth-order valence-electron chi connectivity index (χ4n) is 4.21. The number of carbonyl (C=O) groups is 3. The van der Waals surface area contributed by atoms with Crippen molar-refractivity contribution in [2.45, 2.75) is 51.0 Å². The topological polar surface area (TPSA) is 82.1 Å². The third kappa shape index (κ3) is 2.80. The quantitative estimate of drug-likeness (QED) is 0.817. The number of piperidine rings is 1. The molecule has 5 aliphatic rings. The minimum atomic E-state index is -0.149. The average molecular weight is 332 g/mol. The van der Waals surface area contributed by atoms with Gasteiger partial charge in [-0.15, -0.1) is 0 Å². The molecule has 7 heteroatoms. The van der Waals surface area contributed by atoms with Crippen LogP contribution in [0.3, 0.4) is 0 Å². The Kier molecular flexibility index (Phi) is 4.02. The molecule has 7 nitrogen and oxygen atoms in total. The molecule has 0 radical (unpaired) electrons. The summed E-state index contributed by atoms with van der Waals surface area (Å²) in [5, 5.41) is 3.92. The minimum Gasteiger partial charge on any atom is -0.337 e. The van der Waals surface area contributed by atoms with E-state index in [0.717, 1.165) is 19.4 Å². The highest BCUT2D eigenvalue weighted by atomic mass is 16.2. The Morgan fingerprint density at radius 2 is 1.96 bits per heavy atom. The smallest absolute Gasteiger partial charge is 0.270 e. The molecule has 1 saturated carbocycles. The van der Waals surface area contributed by atoms with Crippen molar-refractivity contribution in [1.29, 1.82) is 0 Å². The second kappa shape index (κ2) is 6.18. The van der Waals surface area contributed by atoms with Crippen LogP contribution in [0.5, 0.6) is 0 Å². The fourth-order valence-corrected chi connectivity index (χ4v) is 4.21. The summed E-state index contributed by atoms with van der Waals surface area (Å²) in [6, 6.07) is 0.139. The number of hydrogen-bond acceptors (Lipinski definition) is 4. The summed E-state index contributed by atoms with van der Waals surface area (Å²) in [4.78, 5) is 40.6. The Balaban J connectivity index is 1.48. The first-order valence-electron chi connectivity index (χ1n) is 9.07. The van der Waals surface area contributed by atoms with Gasteiger partial charge >= 0.3 is 0 Å². The number of hydrazone groups is 1. The molecule has 2 bridgehead atoms. The number of carbonyl (C=O) groups excluding carboxylic acids is 3.